The van der Waals surface area contributed by atoms with Gasteiger partial charge in [-0.25, -0.2) is 0 Å². The topological polar surface area (TPSA) is 46.1 Å². The van der Waals surface area contributed by atoms with Crippen molar-refractivity contribution in [2.24, 2.45) is 0 Å². The minimum atomic E-state index is 0.659. The second-order valence-electron chi connectivity index (χ2n) is 4.02. The summed E-state index contributed by atoms with van der Waals surface area (Å²) < 4.78 is 11.3. The molecule has 96 valence electrons. The van der Waals surface area contributed by atoms with Crippen molar-refractivity contribution in [1.82, 2.24) is 0 Å². The summed E-state index contributed by atoms with van der Waals surface area (Å²) in [5, 5.41) is 0. The molecule has 1 aromatic rings. The number of hydrogen-bond acceptors (Lipinski definition) is 2. The summed E-state index contributed by atoms with van der Waals surface area (Å²) in [5.41, 5.74) is 5.05. The van der Waals surface area contributed by atoms with E-state index in [4.69, 9.17) is 9.47 Å². The molecule has 0 saturated heterocycles. The third kappa shape index (κ3) is 4.65. The van der Waals surface area contributed by atoms with Crippen LogP contribution in [0.2, 0.25) is 0 Å². The van der Waals surface area contributed by atoms with Crippen LogP contribution in [-0.2, 0) is 6.54 Å². The van der Waals surface area contributed by atoms with Gasteiger partial charge in [-0.2, -0.15) is 0 Å². The van der Waals surface area contributed by atoms with E-state index in [0.29, 0.717) is 6.61 Å². The van der Waals surface area contributed by atoms with Crippen LogP contribution in [0.15, 0.2) is 18.2 Å². The third-order valence-corrected chi connectivity index (χ3v) is 2.60. The molecule has 0 aromatic heterocycles. The van der Waals surface area contributed by atoms with Crippen LogP contribution in [0.5, 0.6) is 11.5 Å². The highest BCUT2D eigenvalue weighted by Gasteiger charge is 2.06. The van der Waals surface area contributed by atoms with Crippen LogP contribution >= 0.6 is 0 Å². The van der Waals surface area contributed by atoms with Crippen molar-refractivity contribution < 1.29 is 15.2 Å². The van der Waals surface area contributed by atoms with E-state index >= 15 is 0 Å². The molecule has 0 fully saturated rings. The largest absolute Gasteiger partial charge is 0.490 e. The van der Waals surface area contributed by atoms with Crippen LogP contribution in [-0.4, -0.2) is 13.2 Å². The Kier molecular flexibility index (Phi) is 6.48. The highest BCUT2D eigenvalue weighted by atomic mass is 16.5. The molecule has 0 spiro atoms. The Hall–Kier alpha value is -1.22. The summed E-state index contributed by atoms with van der Waals surface area (Å²) in [4.78, 5) is 0. The van der Waals surface area contributed by atoms with Crippen molar-refractivity contribution >= 4 is 0 Å². The molecule has 3 N–H and O–H groups in total. The molecule has 0 saturated carbocycles. The second-order valence-corrected chi connectivity index (χ2v) is 4.02. The Morgan fingerprint density at radius 1 is 1.06 bits per heavy atom. The highest BCUT2D eigenvalue weighted by Crippen LogP contribution is 2.28. The number of unbranched alkanes of at least 4 members (excludes halogenated alkanes) is 2. The molecule has 0 unspecified atom stereocenters. The quantitative estimate of drug-likeness (QED) is 0.707. The number of quaternary nitrogens is 1. The Labute approximate surface area is 104 Å². The molecule has 3 heteroatoms. The van der Waals surface area contributed by atoms with E-state index in [9.17, 15) is 0 Å². The summed E-state index contributed by atoms with van der Waals surface area (Å²) in [7, 11) is 0. The molecule has 0 aliphatic carbocycles. The van der Waals surface area contributed by atoms with Gasteiger partial charge in [0, 0.05) is 5.56 Å². The minimum absolute atomic E-state index is 0.659. The first-order valence-electron chi connectivity index (χ1n) is 6.49. The Balaban J connectivity index is 2.62. The van der Waals surface area contributed by atoms with Crippen LogP contribution in [0.25, 0.3) is 0 Å². The molecule has 0 aliphatic rings. The molecule has 1 aromatic carbocycles. The fraction of sp³-hybridized carbons (Fsp3) is 0.571. The van der Waals surface area contributed by atoms with Crippen molar-refractivity contribution in [3.8, 4) is 11.5 Å². The summed E-state index contributed by atoms with van der Waals surface area (Å²) in [5.74, 6) is 1.69. The van der Waals surface area contributed by atoms with Crippen LogP contribution in [0.3, 0.4) is 0 Å². The first-order valence-corrected chi connectivity index (χ1v) is 6.49. The van der Waals surface area contributed by atoms with Gasteiger partial charge in [0.05, 0.1) is 19.8 Å². The monoisotopic (exact) mass is 238 g/mol. The van der Waals surface area contributed by atoms with Crippen molar-refractivity contribution in [1.29, 1.82) is 0 Å². The van der Waals surface area contributed by atoms with Gasteiger partial charge in [-0.1, -0.05) is 19.8 Å². The standard InChI is InChI=1S/C14H23NO2/c1-3-5-6-9-17-13-8-7-12(11-15)10-14(13)16-4-2/h7-8,10H,3-6,9,11,15H2,1-2H3/p+1. The molecule has 0 bridgehead atoms. The van der Waals surface area contributed by atoms with Gasteiger partial charge in [-0.15, -0.1) is 0 Å². The minimum Gasteiger partial charge on any atom is -0.490 e. The molecule has 0 radical (unpaired) electrons. The first kappa shape index (κ1) is 13.8. The predicted octanol–water partition coefficient (Wildman–Crippen LogP) is 2.40. The lowest BCUT2D eigenvalue weighted by atomic mass is 10.2. The van der Waals surface area contributed by atoms with Crippen molar-refractivity contribution in [3.63, 3.8) is 0 Å². The fourth-order valence-corrected chi connectivity index (χ4v) is 1.63. The fourth-order valence-electron chi connectivity index (χ4n) is 1.63. The van der Waals surface area contributed by atoms with Gasteiger partial charge in [0.1, 0.15) is 0 Å². The van der Waals surface area contributed by atoms with Gasteiger partial charge in [0.2, 0.25) is 0 Å². The predicted molar refractivity (Wildman–Crippen MR) is 69.2 cm³/mol. The lowest BCUT2D eigenvalue weighted by Gasteiger charge is -2.12. The highest BCUT2D eigenvalue weighted by molar-refractivity contribution is 5.42. The van der Waals surface area contributed by atoms with E-state index in [1.165, 1.54) is 18.4 Å². The summed E-state index contributed by atoms with van der Waals surface area (Å²) in [6.07, 6.45) is 3.52. The van der Waals surface area contributed by atoms with Crippen LogP contribution in [0.4, 0.5) is 0 Å². The van der Waals surface area contributed by atoms with Gasteiger partial charge in [0.15, 0.2) is 11.5 Å². The molecule has 17 heavy (non-hydrogen) atoms. The number of rotatable bonds is 8. The molecule has 0 amide bonds. The number of ether oxygens (including phenoxy) is 2. The SMILES string of the molecule is CCCCCOc1ccc(C[NH3+])cc1OCC. The number of hydrogen-bond donors (Lipinski definition) is 1. The lowest BCUT2D eigenvalue weighted by molar-refractivity contribution is -0.386. The normalized spacial score (nSPS) is 10.3. The smallest absolute Gasteiger partial charge is 0.161 e. The van der Waals surface area contributed by atoms with E-state index in [-0.39, 0.29) is 0 Å². The van der Waals surface area contributed by atoms with Gasteiger partial charge in [-0.3, -0.25) is 0 Å². The van der Waals surface area contributed by atoms with Gasteiger partial charge < -0.3 is 15.2 Å². The molecular formula is C14H24NO2+. The maximum absolute atomic E-state index is 5.75. The Morgan fingerprint density at radius 2 is 1.88 bits per heavy atom. The van der Waals surface area contributed by atoms with E-state index in [1.54, 1.807) is 0 Å². The average molecular weight is 238 g/mol. The summed E-state index contributed by atoms with van der Waals surface area (Å²) in [6.45, 7) is 6.37. The molecule has 1 rings (SSSR count). The van der Waals surface area contributed by atoms with Crippen LogP contribution in [0.1, 0.15) is 38.7 Å². The van der Waals surface area contributed by atoms with E-state index in [2.05, 4.69) is 12.7 Å². The maximum Gasteiger partial charge on any atom is 0.161 e. The zero-order chi connectivity index (χ0) is 12.5. The molecule has 0 heterocycles. The Morgan fingerprint density at radius 3 is 2.53 bits per heavy atom. The van der Waals surface area contributed by atoms with E-state index in [1.807, 2.05) is 25.1 Å². The molecule has 3 nitrogen and oxygen atoms in total. The van der Waals surface area contributed by atoms with Gasteiger partial charge >= 0.3 is 0 Å². The van der Waals surface area contributed by atoms with Crippen molar-refractivity contribution in [3.05, 3.63) is 23.8 Å². The van der Waals surface area contributed by atoms with Crippen molar-refractivity contribution in [2.75, 3.05) is 13.2 Å². The Bertz CT molecular complexity index is 326. The molecule has 0 aliphatic heterocycles. The van der Waals surface area contributed by atoms with Gasteiger partial charge in [-0.05, 0) is 31.5 Å². The van der Waals surface area contributed by atoms with E-state index in [0.717, 1.165) is 31.1 Å². The zero-order valence-corrected chi connectivity index (χ0v) is 11.0. The molecular weight excluding hydrogens is 214 g/mol. The number of benzene rings is 1. The second kappa shape index (κ2) is 7.96. The summed E-state index contributed by atoms with van der Waals surface area (Å²) in [6, 6.07) is 6.05. The third-order valence-electron chi connectivity index (χ3n) is 2.60. The van der Waals surface area contributed by atoms with Crippen LogP contribution < -0.4 is 15.2 Å². The van der Waals surface area contributed by atoms with Gasteiger partial charge in [0.25, 0.3) is 0 Å². The zero-order valence-electron chi connectivity index (χ0n) is 11.0. The average Bonchev–Trinajstić information content (AvgIpc) is 2.36. The maximum atomic E-state index is 5.75. The van der Waals surface area contributed by atoms with E-state index < -0.39 is 0 Å². The molecule has 0 atom stereocenters. The first-order chi connectivity index (χ1) is 8.31. The lowest BCUT2D eigenvalue weighted by Crippen LogP contribution is -2.47. The summed E-state index contributed by atoms with van der Waals surface area (Å²) >= 11 is 0. The van der Waals surface area contributed by atoms with Crippen LogP contribution in [0, 0.1) is 0 Å². The van der Waals surface area contributed by atoms with Crippen molar-refractivity contribution in [2.45, 2.75) is 39.7 Å².